The topological polar surface area (TPSA) is 89.2 Å². The highest BCUT2D eigenvalue weighted by atomic mass is 16.5. The van der Waals surface area contributed by atoms with Crippen molar-refractivity contribution in [2.45, 2.75) is 12.0 Å². The molecule has 30 heavy (non-hydrogen) atoms. The highest BCUT2D eigenvalue weighted by Gasteiger charge is 2.51. The van der Waals surface area contributed by atoms with E-state index in [1.807, 2.05) is 12.1 Å². The fourth-order valence-corrected chi connectivity index (χ4v) is 3.64. The average molecular weight is 407 g/mol. The lowest BCUT2D eigenvalue weighted by atomic mass is 9.89. The van der Waals surface area contributed by atoms with Crippen LogP contribution in [0.15, 0.2) is 71.3 Å². The normalized spacial score (nSPS) is 17.7. The van der Waals surface area contributed by atoms with Crippen LogP contribution >= 0.6 is 0 Å². The number of ketones is 1. The van der Waals surface area contributed by atoms with E-state index in [2.05, 4.69) is 0 Å². The quantitative estimate of drug-likeness (QED) is 0.577. The Bertz CT molecular complexity index is 1060. The molecular weight excluding hydrogens is 386 g/mol. The van der Waals surface area contributed by atoms with Crippen molar-refractivity contribution >= 4 is 17.4 Å². The van der Waals surface area contributed by atoms with Crippen LogP contribution in [0.3, 0.4) is 0 Å². The summed E-state index contributed by atoms with van der Waals surface area (Å²) in [5.74, 6) is 0.242. The molecule has 7 nitrogen and oxygen atoms in total. The van der Waals surface area contributed by atoms with Crippen molar-refractivity contribution in [2.24, 2.45) is 0 Å². The number of carbonyl (C=O) groups excluding carboxylic acids is 2. The monoisotopic (exact) mass is 407 g/mol. The highest BCUT2D eigenvalue weighted by Crippen LogP contribution is 2.42. The van der Waals surface area contributed by atoms with Crippen molar-refractivity contribution < 1.29 is 28.6 Å². The SMILES string of the molecule is COc1ccccc1OCCN1C(=O)[C@](O)(CC(=O)c2ccco2)c2ccccc21. The van der Waals surface area contributed by atoms with Gasteiger partial charge in [0.2, 0.25) is 5.78 Å². The van der Waals surface area contributed by atoms with Gasteiger partial charge in [0, 0.05) is 5.56 Å². The minimum absolute atomic E-state index is 0.103. The molecule has 7 heteroatoms. The third-order valence-electron chi connectivity index (χ3n) is 5.09. The lowest BCUT2D eigenvalue weighted by Crippen LogP contribution is -2.43. The second kappa shape index (κ2) is 8.04. The van der Waals surface area contributed by atoms with Gasteiger partial charge in [0.05, 0.1) is 32.0 Å². The van der Waals surface area contributed by atoms with E-state index in [4.69, 9.17) is 13.9 Å². The predicted octanol–water partition coefficient (Wildman–Crippen LogP) is 3.17. The van der Waals surface area contributed by atoms with Crippen LogP contribution in [0.25, 0.3) is 0 Å². The second-order valence-corrected chi connectivity index (χ2v) is 6.91. The van der Waals surface area contributed by atoms with Crippen molar-refractivity contribution in [1.29, 1.82) is 0 Å². The number of para-hydroxylation sites is 3. The molecule has 1 aliphatic rings. The Balaban J connectivity index is 1.53. The number of amides is 1. The molecule has 2 heterocycles. The lowest BCUT2D eigenvalue weighted by molar-refractivity contribution is -0.136. The molecule has 0 unspecified atom stereocenters. The zero-order valence-corrected chi connectivity index (χ0v) is 16.4. The summed E-state index contributed by atoms with van der Waals surface area (Å²) < 4.78 is 16.2. The number of methoxy groups -OCH3 is 1. The van der Waals surface area contributed by atoms with Gasteiger partial charge in [0.15, 0.2) is 22.9 Å². The fraction of sp³-hybridized carbons (Fsp3) is 0.217. The maximum atomic E-state index is 13.2. The molecule has 0 bridgehead atoms. The van der Waals surface area contributed by atoms with Crippen LogP contribution in [0, 0.1) is 0 Å². The summed E-state index contributed by atoms with van der Waals surface area (Å²) in [6.07, 6.45) is 0.976. The van der Waals surface area contributed by atoms with E-state index < -0.39 is 23.7 Å². The summed E-state index contributed by atoms with van der Waals surface area (Å²) in [7, 11) is 1.55. The van der Waals surface area contributed by atoms with Crippen molar-refractivity contribution in [2.75, 3.05) is 25.2 Å². The molecular formula is C23H21NO6. The standard InChI is InChI=1S/C23H21NO6/c1-28-20-9-4-5-10-21(20)30-14-12-24-17-8-3-2-7-16(17)23(27,22(24)26)15-18(25)19-11-6-13-29-19/h2-11,13,27H,12,14-15H2,1H3/t23-/m0/s1. The molecule has 1 aliphatic heterocycles. The van der Waals surface area contributed by atoms with E-state index >= 15 is 0 Å². The van der Waals surface area contributed by atoms with Crippen molar-refractivity contribution in [3.63, 3.8) is 0 Å². The average Bonchev–Trinajstić information content (AvgIpc) is 3.37. The van der Waals surface area contributed by atoms with Crippen molar-refractivity contribution in [3.8, 4) is 11.5 Å². The zero-order chi connectivity index (χ0) is 21.1. The molecule has 1 aromatic heterocycles. The number of Topliss-reactive ketones (excluding diaryl/α,β-unsaturated/α-hetero) is 1. The van der Waals surface area contributed by atoms with Gasteiger partial charge < -0.3 is 23.9 Å². The van der Waals surface area contributed by atoms with Gasteiger partial charge in [-0.15, -0.1) is 0 Å². The van der Waals surface area contributed by atoms with E-state index in [9.17, 15) is 14.7 Å². The third kappa shape index (κ3) is 3.44. The first kappa shape index (κ1) is 19.7. The minimum atomic E-state index is -1.95. The molecule has 154 valence electrons. The molecule has 0 saturated heterocycles. The van der Waals surface area contributed by atoms with Gasteiger partial charge in [-0.2, -0.15) is 0 Å². The lowest BCUT2D eigenvalue weighted by Gasteiger charge is -2.22. The Morgan fingerprint density at radius 1 is 1.07 bits per heavy atom. The summed E-state index contributed by atoms with van der Waals surface area (Å²) in [5, 5.41) is 11.2. The molecule has 0 spiro atoms. The number of fused-ring (bicyclic) bond motifs is 1. The predicted molar refractivity (Wildman–Crippen MR) is 109 cm³/mol. The van der Waals surface area contributed by atoms with E-state index in [0.29, 0.717) is 22.7 Å². The molecule has 0 radical (unpaired) electrons. The Labute approximate surface area is 173 Å². The number of rotatable bonds is 8. The summed E-state index contributed by atoms with van der Waals surface area (Å²) in [5.41, 5.74) is -1.00. The number of furan rings is 1. The van der Waals surface area contributed by atoms with Gasteiger partial charge in [-0.25, -0.2) is 0 Å². The van der Waals surface area contributed by atoms with Crippen LogP contribution in [0.1, 0.15) is 22.5 Å². The van der Waals surface area contributed by atoms with E-state index in [-0.39, 0.29) is 18.9 Å². The summed E-state index contributed by atoms with van der Waals surface area (Å²) >= 11 is 0. The Hall–Kier alpha value is -3.58. The Kier molecular flexibility index (Phi) is 5.29. The van der Waals surface area contributed by atoms with Gasteiger partial charge in [-0.05, 0) is 30.3 Å². The first-order valence-electron chi connectivity index (χ1n) is 9.51. The molecule has 0 aliphatic carbocycles. The van der Waals surface area contributed by atoms with Gasteiger partial charge in [0.1, 0.15) is 6.61 Å². The molecule has 1 atom stereocenters. The van der Waals surface area contributed by atoms with E-state index in [1.165, 1.54) is 17.2 Å². The van der Waals surface area contributed by atoms with Crippen LogP contribution in [0.5, 0.6) is 11.5 Å². The number of anilines is 1. The van der Waals surface area contributed by atoms with Gasteiger partial charge in [-0.1, -0.05) is 30.3 Å². The molecule has 4 rings (SSSR count). The van der Waals surface area contributed by atoms with Gasteiger partial charge >= 0.3 is 0 Å². The minimum Gasteiger partial charge on any atom is -0.493 e. The molecule has 1 N–H and O–H groups in total. The maximum absolute atomic E-state index is 13.2. The summed E-state index contributed by atoms with van der Waals surface area (Å²) in [6, 6.07) is 17.2. The third-order valence-corrected chi connectivity index (χ3v) is 5.09. The largest absolute Gasteiger partial charge is 0.493 e. The number of aliphatic hydroxyl groups is 1. The highest BCUT2D eigenvalue weighted by molar-refractivity contribution is 6.10. The van der Waals surface area contributed by atoms with Crippen LogP contribution in [0.2, 0.25) is 0 Å². The molecule has 0 fully saturated rings. The number of ether oxygens (including phenoxy) is 2. The number of benzene rings is 2. The van der Waals surface area contributed by atoms with E-state index in [0.717, 1.165) is 0 Å². The van der Waals surface area contributed by atoms with Gasteiger partial charge in [-0.3, -0.25) is 9.59 Å². The Morgan fingerprint density at radius 2 is 1.80 bits per heavy atom. The van der Waals surface area contributed by atoms with Crippen LogP contribution < -0.4 is 14.4 Å². The summed E-state index contributed by atoms with van der Waals surface area (Å²) in [6.45, 7) is 0.383. The van der Waals surface area contributed by atoms with Gasteiger partial charge in [0.25, 0.3) is 5.91 Å². The van der Waals surface area contributed by atoms with E-state index in [1.54, 1.807) is 49.6 Å². The Morgan fingerprint density at radius 3 is 2.53 bits per heavy atom. The second-order valence-electron chi connectivity index (χ2n) is 6.91. The first-order chi connectivity index (χ1) is 14.5. The molecule has 2 aromatic carbocycles. The first-order valence-corrected chi connectivity index (χ1v) is 9.51. The van der Waals surface area contributed by atoms with Crippen LogP contribution in [-0.4, -0.2) is 37.1 Å². The molecule has 3 aromatic rings. The molecule has 0 saturated carbocycles. The van der Waals surface area contributed by atoms with Crippen LogP contribution in [0.4, 0.5) is 5.69 Å². The number of nitrogens with zero attached hydrogens (tertiary/aromatic N) is 1. The number of hydrogen-bond donors (Lipinski definition) is 1. The van der Waals surface area contributed by atoms with Crippen LogP contribution in [-0.2, 0) is 10.4 Å². The molecule has 1 amide bonds. The summed E-state index contributed by atoms with van der Waals surface area (Å²) in [4.78, 5) is 27.1. The maximum Gasteiger partial charge on any atom is 0.264 e. The van der Waals surface area contributed by atoms with Crippen molar-refractivity contribution in [3.05, 3.63) is 78.3 Å². The fourth-order valence-electron chi connectivity index (χ4n) is 3.64. The number of hydrogen-bond acceptors (Lipinski definition) is 6. The van der Waals surface area contributed by atoms with Crippen molar-refractivity contribution in [1.82, 2.24) is 0 Å². The zero-order valence-electron chi connectivity index (χ0n) is 16.4. The number of carbonyl (C=O) groups is 2. The smallest absolute Gasteiger partial charge is 0.264 e.